The lowest BCUT2D eigenvalue weighted by Gasteiger charge is -2.20. The molecule has 2 aromatic rings. The molecule has 2 saturated carbocycles. The fourth-order valence-electron chi connectivity index (χ4n) is 5.02. The van der Waals surface area contributed by atoms with Crippen LogP contribution in [0.3, 0.4) is 0 Å². The number of nitriles is 1. The van der Waals surface area contributed by atoms with E-state index in [0.717, 1.165) is 37.8 Å². The SMILES string of the molecule is N#C[C@H](C[C@@H]1CC2(CC2)NC1=O)NC(=O)[C@@H](CC(=O)c1cc2cc(F)c(F)cc2[nH]1)CC1CC1. The molecule has 2 heterocycles. The average Bonchev–Trinajstić information content (AvgIpc) is 3.69. The maximum atomic E-state index is 13.5. The van der Waals surface area contributed by atoms with E-state index in [1.165, 1.54) is 6.07 Å². The number of carbonyl (C=O) groups is 3. The summed E-state index contributed by atoms with van der Waals surface area (Å²) < 4.78 is 27.0. The molecule has 9 heteroatoms. The van der Waals surface area contributed by atoms with E-state index in [4.69, 9.17) is 0 Å². The summed E-state index contributed by atoms with van der Waals surface area (Å²) in [6, 6.07) is 4.76. The molecule has 3 N–H and O–H groups in total. The van der Waals surface area contributed by atoms with Gasteiger partial charge in [-0.1, -0.05) is 12.8 Å². The third-order valence-electron chi connectivity index (χ3n) is 7.32. The number of nitrogens with zero attached hydrogens (tertiary/aromatic N) is 1. The number of benzene rings is 1. The van der Waals surface area contributed by atoms with Crippen LogP contribution in [0.5, 0.6) is 0 Å². The number of rotatable bonds is 9. The lowest BCUT2D eigenvalue weighted by molar-refractivity contribution is -0.127. The first-order valence-corrected chi connectivity index (χ1v) is 11.8. The summed E-state index contributed by atoms with van der Waals surface area (Å²) in [6.45, 7) is 0. The van der Waals surface area contributed by atoms with Crippen molar-refractivity contribution in [3.63, 3.8) is 0 Å². The first kappa shape index (κ1) is 22.5. The lowest BCUT2D eigenvalue weighted by atomic mass is 9.92. The second kappa shape index (κ2) is 8.49. The number of hydrogen-bond donors (Lipinski definition) is 3. The Morgan fingerprint density at radius 2 is 1.91 bits per heavy atom. The summed E-state index contributed by atoms with van der Waals surface area (Å²) in [7, 11) is 0. The highest BCUT2D eigenvalue weighted by Crippen LogP contribution is 2.46. The topological polar surface area (TPSA) is 115 Å². The molecule has 1 aromatic carbocycles. The molecule has 3 aliphatic rings. The molecule has 3 atom stereocenters. The Balaban J connectivity index is 1.25. The number of aromatic nitrogens is 1. The second-order valence-electron chi connectivity index (χ2n) is 10.1. The van der Waals surface area contributed by atoms with Gasteiger partial charge in [0.15, 0.2) is 17.4 Å². The molecule has 34 heavy (non-hydrogen) atoms. The fourth-order valence-corrected chi connectivity index (χ4v) is 5.02. The molecule has 5 rings (SSSR count). The molecule has 0 radical (unpaired) electrons. The van der Waals surface area contributed by atoms with E-state index < -0.39 is 23.6 Å². The van der Waals surface area contributed by atoms with Crippen LogP contribution in [-0.4, -0.2) is 34.2 Å². The highest BCUT2D eigenvalue weighted by Gasteiger charge is 2.52. The van der Waals surface area contributed by atoms with E-state index in [1.54, 1.807) is 0 Å². The van der Waals surface area contributed by atoms with Crippen LogP contribution in [0.1, 0.15) is 61.9 Å². The zero-order valence-corrected chi connectivity index (χ0v) is 18.6. The van der Waals surface area contributed by atoms with Crippen molar-refractivity contribution in [1.29, 1.82) is 5.26 Å². The predicted octanol–water partition coefficient (Wildman–Crippen LogP) is 3.50. The Morgan fingerprint density at radius 1 is 1.18 bits per heavy atom. The maximum Gasteiger partial charge on any atom is 0.224 e. The summed E-state index contributed by atoms with van der Waals surface area (Å²) in [6.07, 6.45) is 5.29. The quantitative estimate of drug-likeness (QED) is 0.489. The van der Waals surface area contributed by atoms with Crippen molar-refractivity contribution in [2.75, 3.05) is 0 Å². The van der Waals surface area contributed by atoms with E-state index in [9.17, 15) is 28.4 Å². The number of ketones is 1. The van der Waals surface area contributed by atoms with Crippen molar-refractivity contribution in [2.24, 2.45) is 17.8 Å². The van der Waals surface area contributed by atoms with Crippen molar-refractivity contribution >= 4 is 28.5 Å². The molecule has 7 nitrogen and oxygen atoms in total. The molecule has 178 valence electrons. The van der Waals surface area contributed by atoms with Crippen LogP contribution in [0.4, 0.5) is 8.78 Å². The number of hydrogen-bond acceptors (Lipinski definition) is 4. The highest BCUT2D eigenvalue weighted by atomic mass is 19.2. The molecule has 1 spiro atoms. The minimum Gasteiger partial charge on any atom is -0.352 e. The number of halogens is 2. The molecular formula is C25H26F2N4O3. The fraction of sp³-hybridized carbons (Fsp3) is 0.520. The van der Waals surface area contributed by atoms with Gasteiger partial charge in [-0.2, -0.15) is 5.26 Å². The Hall–Kier alpha value is -3.28. The normalized spacial score (nSPS) is 22.3. The van der Waals surface area contributed by atoms with Crippen LogP contribution in [0.2, 0.25) is 0 Å². The number of fused-ring (bicyclic) bond motifs is 1. The maximum absolute atomic E-state index is 13.5. The molecule has 0 bridgehead atoms. The third kappa shape index (κ3) is 4.67. The van der Waals surface area contributed by atoms with Crippen molar-refractivity contribution < 1.29 is 23.2 Å². The zero-order chi connectivity index (χ0) is 24.0. The van der Waals surface area contributed by atoms with E-state index in [2.05, 4.69) is 21.7 Å². The third-order valence-corrected chi connectivity index (χ3v) is 7.32. The van der Waals surface area contributed by atoms with E-state index in [0.29, 0.717) is 29.7 Å². The van der Waals surface area contributed by atoms with Crippen LogP contribution in [-0.2, 0) is 9.59 Å². The van der Waals surface area contributed by atoms with Gasteiger partial charge in [-0.05, 0) is 50.2 Å². The molecule has 3 fully saturated rings. The number of Topliss-reactive ketones (excluding diaryl/α,β-unsaturated/α-hetero) is 1. The molecule has 1 aliphatic heterocycles. The minimum absolute atomic E-state index is 0.0663. The molecule has 2 aliphatic carbocycles. The van der Waals surface area contributed by atoms with Crippen molar-refractivity contribution in [3.8, 4) is 6.07 Å². The summed E-state index contributed by atoms with van der Waals surface area (Å²) >= 11 is 0. The average molecular weight is 469 g/mol. The van der Waals surface area contributed by atoms with Crippen LogP contribution >= 0.6 is 0 Å². The predicted molar refractivity (Wildman–Crippen MR) is 118 cm³/mol. The minimum atomic E-state index is -1.01. The monoisotopic (exact) mass is 468 g/mol. The van der Waals surface area contributed by atoms with Gasteiger partial charge in [-0.3, -0.25) is 14.4 Å². The van der Waals surface area contributed by atoms with Gasteiger partial charge in [0.25, 0.3) is 0 Å². The molecule has 0 unspecified atom stereocenters. The molecule has 2 amide bonds. The zero-order valence-electron chi connectivity index (χ0n) is 18.6. The lowest BCUT2D eigenvalue weighted by Crippen LogP contribution is -2.40. The highest BCUT2D eigenvalue weighted by molar-refractivity contribution is 6.01. The number of carbonyl (C=O) groups excluding carboxylic acids is 3. The van der Waals surface area contributed by atoms with Gasteiger partial charge >= 0.3 is 0 Å². The van der Waals surface area contributed by atoms with Crippen molar-refractivity contribution in [1.82, 2.24) is 15.6 Å². The molecular weight excluding hydrogens is 442 g/mol. The number of H-pyrrole nitrogens is 1. The van der Waals surface area contributed by atoms with Gasteiger partial charge in [-0.25, -0.2) is 8.78 Å². The van der Waals surface area contributed by atoms with Crippen molar-refractivity contribution in [2.45, 2.75) is 62.9 Å². The number of amides is 2. The Kier molecular flexibility index (Phi) is 5.62. The largest absolute Gasteiger partial charge is 0.352 e. The van der Waals surface area contributed by atoms with E-state index in [1.807, 2.05) is 0 Å². The smallest absolute Gasteiger partial charge is 0.224 e. The van der Waals surface area contributed by atoms with Crippen LogP contribution in [0.25, 0.3) is 10.9 Å². The van der Waals surface area contributed by atoms with Crippen LogP contribution in [0, 0.1) is 40.7 Å². The van der Waals surface area contributed by atoms with Gasteiger partial charge in [0.05, 0.1) is 11.8 Å². The Labute approximate surface area is 195 Å². The van der Waals surface area contributed by atoms with E-state index >= 15 is 0 Å². The number of aromatic amines is 1. The van der Waals surface area contributed by atoms with Crippen LogP contribution < -0.4 is 10.6 Å². The van der Waals surface area contributed by atoms with Gasteiger partial charge in [0.1, 0.15) is 6.04 Å². The van der Waals surface area contributed by atoms with Gasteiger partial charge < -0.3 is 15.6 Å². The van der Waals surface area contributed by atoms with Gasteiger partial charge in [-0.15, -0.1) is 0 Å². The Bertz CT molecular complexity index is 1170. The van der Waals surface area contributed by atoms with Crippen LogP contribution in [0.15, 0.2) is 18.2 Å². The number of nitrogens with one attached hydrogen (secondary N) is 3. The van der Waals surface area contributed by atoms with E-state index in [-0.39, 0.29) is 47.6 Å². The first-order valence-electron chi connectivity index (χ1n) is 11.8. The standard InChI is InChI=1S/C25H26F2N4O3/c26-18-7-14-8-21(30-20(14)10-19(18)27)22(32)9-15(5-13-1-2-13)23(33)29-17(12-28)6-16-11-25(3-4-25)31-24(16)34/h7-8,10,13,15-17,30H,1-6,9,11H2,(H,29,33)(H,31,34)/t15-,16-,17+/m1/s1. The van der Waals surface area contributed by atoms with Gasteiger partial charge in [0.2, 0.25) is 11.8 Å². The van der Waals surface area contributed by atoms with Crippen molar-refractivity contribution in [3.05, 3.63) is 35.5 Å². The molecule has 1 aromatic heterocycles. The Morgan fingerprint density at radius 3 is 2.56 bits per heavy atom. The summed E-state index contributed by atoms with van der Waals surface area (Å²) in [5.41, 5.74) is 0.388. The summed E-state index contributed by atoms with van der Waals surface area (Å²) in [4.78, 5) is 41.1. The summed E-state index contributed by atoms with van der Waals surface area (Å²) in [5, 5.41) is 15.7. The first-order chi connectivity index (χ1) is 16.2. The molecule has 1 saturated heterocycles. The second-order valence-corrected chi connectivity index (χ2v) is 10.1. The van der Waals surface area contributed by atoms with Gasteiger partial charge in [0, 0.05) is 40.8 Å². The summed E-state index contributed by atoms with van der Waals surface area (Å²) in [5.74, 6) is -3.34.